The Morgan fingerprint density at radius 3 is 2.55 bits per heavy atom. The number of ether oxygens (including phenoxy) is 3. The first-order valence-electron chi connectivity index (χ1n) is 9.73. The number of methoxy groups -OCH3 is 2. The highest BCUT2D eigenvalue weighted by Crippen LogP contribution is 2.39. The van der Waals surface area contributed by atoms with E-state index in [4.69, 9.17) is 14.2 Å². The summed E-state index contributed by atoms with van der Waals surface area (Å²) in [5.74, 6) is 0.820. The Bertz CT molecular complexity index is 990. The quantitative estimate of drug-likeness (QED) is 0.335. The average molecular weight is 506 g/mol. The number of rotatable bonds is 9. The van der Waals surface area contributed by atoms with Gasteiger partial charge >= 0.3 is 0 Å². The van der Waals surface area contributed by atoms with Crippen molar-refractivity contribution < 1.29 is 23.8 Å². The summed E-state index contributed by atoms with van der Waals surface area (Å²) in [6.07, 6.45) is 2.30. The molecule has 1 aliphatic heterocycles. The van der Waals surface area contributed by atoms with Gasteiger partial charge in [0.25, 0.3) is 11.1 Å². The molecule has 1 saturated heterocycles. The van der Waals surface area contributed by atoms with Gasteiger partial charge in [0.1, 0.15) is 6.61 Å². The van der Waals surface area contributed by atoms with Gasteiger partial charge in [-0.15, -0.1) is 0 Å². The Labute approximate surface area is 194 Å². The smallest absolute Gasteiger partial charge is 0.293 e. The Hall–Kier alpha value is -2.29. The molecular weight excluding hydrogens is 482 g/mol. The molecule has 31 heavy (non-hydrogen) atoms. The molecule has 0 bridgehead atoms. The molecule has 1 fully saturated rings. The number of nitrogens with zero attached hydrogens (tertiary/aromatic N) is 1. The molecular formula is C23H24BrNO5S. The second kappa shape index (κ2) is 10.8. The van der Waals surface area contributed by atoms with Crippen LogP contribution in [0.1, 0.15) is 23.1 Å². The van der Waals surface area contributed by atoms with Crippen molar-refractivity contribution in [1.29, 1.82) is 0 Å². The number of thioether (sulfide) groups is 1. The summed E-state index contributed by atoms with van der Waals surface area (Å²) in [6, 6.07) is 11.7. The first-order valence-corrected chi connectivity index (χ1v) is 11.3. The zero-order valence-electron chi connectivity index (χ0n) is 17.6. The highest BCUT2D eigenvalue weighted by atomic mass is 79.9. The van der Waals surface area contributed by atoms with E-state index in [-0.39, 0.29) is 11.1 Å². The zero-order valence-corrected chi connectivity index (χ0v) is 20.0. The molecule has 3 rings (SSSR count). The van der Waals surface area contributed by atoms with E-state index in [0.717, 1.165) is 22.9 Å². The van der Waals surface area contributed by atoms with Gasteiger partial charge in [0.05, 0.1) is 16.5 Å². The number of benzene rings is 2. The SMILES string of the molecule is COCCCN1C(=O)S/C(=C/c2cc(Br)c(OCc3ccc(C)cc3)c(OC)c2)C1=O. The molecule has 8 heteroatoms. The first kappa shape index (κ1) is 23.4. The van der Waals surface area contributed by atoms with Gasteiger partial charge in [0.2, 0.25) is 0 Å². The van der Waals surface area contributed by atoms with Crippen LogP contribution in [0.15, 0.2) is 45.8 Å². The Morgan fingerprint density at radius 2 is 1.87 bits per heavy atom. The second-order valence-electron chi connectivity index (χ2n) is 6.99. The highest BCUT2D eigenvalue weighted by Gasteiger charge is 2.34. The van der Waals surface area contributed by atoms with Gasteiger partial charge < -0.3 is 14.2 Å². The fraction of sp³-hybridized carbons (Fsp3) is 0.304. The minimum absolute atomic E-state index is 0.267. The summed E-state index contributed by atoms with van der Waals surface area (Å²) in [6.45, 7) is 3.27. The molecule has 1 aliphatic rings. The first-order chi connectivity index (χ1) is 14.9. The van der Waals surface area contributed by atoms with Crippen molar-refractivity contribution >= 4 is 44.9 Å². The zero-order chi connectivity index (χ0) is 22.4. The van der Waals surface area contributed by atoms with E-state index in [0.29, 0.717) is 47.1 Å². The summed E-state index contributed by atoms with van der Waals surface area (Å²) in [7, 11) is 3.15. The third-order valence-corrected chi connectivity index (χ3v) is 6.15. The van der Waals surface area contributed by atoms with Crippen molar-refractivity contribution in [1.82, 2.24) is 4.90 Å². The van der Waals surface area contributed by atoms with Crippen LogP contribution in [0.3, 0.4) is 0 Å². The van der Waals surface area contributed by atoms with Gasteiger partial charge in [-0.05, 0) is 70.4 Å². The van der Waals surface area contributed by atoms with E-state index < -0.39 is 0 Å². The summed E-state index contributed by atoms with van der Waals surface area (Å²) in [4.78, 5) is 26.4. The molecule has 0 aromatic heterocycles. The molecule has 0 unspecified atom stereocenters. The maximum atomic E-state index is 12.6. The third-order valence-electron chi connectivity index (χ3n) is 4.66. The fourth-order valence-corrected chi connectivity index (χ4v) is 4.45. The molecule has 0 atom stereocenters. The van der Waals surface area contributed by atoms with E-state index in [9.17, 15) is 9.59 Å². The number of amides is 2. The van der Waals surface area contributed by atoms with E-state index >= 15 is 0 Å². The lowest BCUT2D eigenvalue weighted by Gasteiger charge is -2.14. The molecule has 6 nitrogen and oxygen atoms in total. The van der Waals surface area contributed by atoms with Crippen LogP contribution >= 0.6 is 27.7 Å². The van der Waals surface area contributed by atoms with Crippen LogP contribution in [0.2, 0.25) is 0 Å². The van der Waals surface area contributed by atoms with Gasteiger partial charge in [0.15, 0.2) is 11.5 Å². The third kappa shape index (κ3) is 5.90. The maximum absolute atomic E-state index is 12.6. The van der Waals surface area contributed by atoms with E-state index in [1.165, 1.54) is 10.5 Å². The molecule has 1 heterocycles. The van der Waals surface area contributed by atoms with Crippen LogP contribution in [0, 0.1) is 6.92 Å². The van der Waals surface area contributed by atoms with Gasteiger partial charge in [-0.3, -0.25) is 14.5 Å². The van der Waals surface area contributed by atoms with Crippen molar-refractivity contribution in [3.05, 3.63) is 62.5 Å². The number of imide groups is 1. The summed E-state index contributed by atoms with van der Waals surface area (Å²) < 4.78 is 17.2. The lowest BCUT2D eigenvalue weighted by molar-refractivity contribution is -0.122. The van der Waals surface area contributed by atoms with Gasteiger partial charge in [-0.1, -0.05) is 29.8 Å². The lowest BCUT2D eigenvalue weighted by Crippen LogP contribution is -2.29. The molecule has 0 N–H and O–H groups in total. The van der Waals surface area contributed by atoms with Gasteiger partial charge in [-0.25, -0.2) is 0 Å². The number of halogens is 1. The Balaban J connectivity index is 1.77. The number of carbonyl (C=O) groups is 2. The van der Waals surface area contributed by atoms with Crippen molar-refractivity contribution in [2.75, 3.05) is 27.4 Å². The van der Waals surface area contributed by atoms with Crippen molar-refractivity contribution in [2.24, 2.45) is 0 Å². The monoisotopic (exact) mass is 505 g/mol. The molecule has 0 spiro atoms. The Kier molecular flexibility index (Phi) is 8.17. The minimum atomic E-state index is -0.291. The average Bonchev–Trinajstić information content (AvgIpc) is 3.01. The minimum Gasteiger partial charge on any atom is -0.493 e. The van der Waals surface area contributed by atoms with Crippen molar-refractivity contribution in [2.45, 2.75) is 20.0 Å². The van der Waals surface area contributed by atoms with Crippen LogP contribution in [-0.4, -0.2) is 43.4 Å². The summed E-state index contributed by atoms with van der Waals surface area (Å²) in [5, 5.41) is -0.267. The van der Waals surface area contributed by atoms with Crippen LogP contribution < -0.4 is 9.47 Å². The Morgan fingerprint density at radius 1 is 1.13 bits per heavy atom. The molecule has 0 aliphatic carbocycles. The van der Waals surface area contributed by atoms with E-state index in [2.05, 4.69) is 15.9 Å². The van der Waals surface area contributed by atoms with Gasteiger partial charge in [0, 0.05) is 20.3 Å². The predicted molar refractivity (Wildman–Crippen MR) is 125 cm³/mol. The molecule has 0 radical (unpaired) electrons. The standard InChI is InChI=1S/C23H24BrNO5S/c1-15-5-7-16(8-6-15)14-30-21-18(24)11-17(12-19(21)29-3)13-20-22(26)25(23(27)31-20)9-4-10-28-2/h5-8,11-13H,4,9-10,14H2,1-3H3/b20-13+. The van der Waals surface area contributed by atoms with Crippen LogP contribution in [0.4, 0.5) is 4.79 Å². The summed E-state index contributed by atoms with van der Waals surface area (Å²) in [5.41, 5.74) is 2.97. The number of hydrogen-bond acceptors (Lipinski definition) is 6. The van der Waals surface area contributed by atoms with Gasteiger partial charge in [-0.2, -0.15) is 0 Å². The highest BCUT2D eigenvalue weighted by molar-refractivity contribution is 9.10. The van der Waals surface area contributed by atoms with Crippen molar-refractivity contribution in [3.63, 3.8) is 0 Å². The number of hydrogen-bond donors (Lipinski definition) is 0. The maximum Gasteiger partial charge on any atom is 0.293 e. The molecule has 2 aromatic carbocycles. The van der Waals surface area contributed by atoms with Crippen LogP contribution in [-0.2, 0) is 16.1 Å². The van der Waals surface area contributed by atoms with E-state index in [1.54, 1.807) is 26.4 Å². The number of aryl methyl sites for hydroxylation is 1. The van der Waals surface area contributed by atoms with E-state index in [1.807, 2.05) is 37.3 Å². The van der Waals surface area contributed by atoms with Crippen LogP contribution in [0.25, 0.3) is 6.08 Å². The van der Waals surface area contributed by atoms with Crippen LogP contribution in [0.5, 0.6) is 11.5 Å². The molecule has 164 valence electrons. The van der Waals surface area contributed by atoms with Crippen molar-refractivity contribution in [3.8, 4) is 11.5 Å². The number of carbonyl (C=O) groups excluding carboxylic acids is 2. The fourth-order valence-electron chi connectivity index (χ4n) is 3.01. The topological polar surface area (TPSA) is 65.1 Å². The summed E-state index contributed by atoms with van der Waals surface area (Å²) >= 11 is 4.47. The second-order valence-corrected chi connectivity index (χ2v) is 8.84. The lowest BCUT2D eigenvalue weighted by atomic mass is 10.1. The largest absolute Gasteiger partial charge is 0.493 e. The molecule has 2 aromatic rings. The predicted octanol–water partition coefficient (Wildman–Crippen LogP) is 5.42. The molecule has 2 amide bonds. The normalized spacial score (nSPS) is 15.1. The molecule has 0 saturated carbocycles.